The Kier molecular flexibility index (Phi) is 3.54. The zero-order valence-electron chi connectivity index (χ0n) is 11.3. The van der Waals surface area contributed by atoms with Crippen LogP contribution in [0.25, 0.3) is 11.3 Å². The predicted octanol–water partition coefficient (Wildman–Crippen LogP) is 4.63. The van der Waals surface area contributed by atoms with Crippen molar-refractivity contribution in [2.75, 3.05) is 0 Å². The molecule has 1 heterocycles. The van der Waals surface area contributed by atoms with Crippen LogP contribution in [0.2, 0.25) is 10.0 Å². The van der Waals surface area contributed by atoms with E-state index in [1.165, 1.54) is 0 Å². The van der Waals surface area contributed by atoms with E-state index >= 15 is 0 Å². The standard InChI is InChI=1S/C14H16Cl2N2O/c1-8-13(19)12(17-18(8)14(2,3)4)9-5-10(15)7-11(16)6-9/h5-7,19H,1-4H3. The number of aromatic hydroxyl groups is 1. The first-order chi connectivity index (χ1) is 8.70. The molecule has 0 unspecified atom stereocenters. The lowest BCUT2D eigenvalue weighted by atomic mass is 10.1. The van der Waals surface area contributed by atoms with Crippen LogP contribution < -0.4 is 0 Å². The van der Waals surface area contributed by atoms with E-state index in [4.69, 9.17) is 23.2 Å². The van der Waals surface area contributed by atoms with Gasteiger partial charge >= 0.3 is 0 Å². The molecule has 0 saturated heterocycles. The number of aromatic nitrogens is 2. The highest BCUT2D eigenvalue weighted by molar-refractivity contribution is 6.35. The molecule has 0 aliphatic carbocycles. The van der Waals surface area contributed by atoms with Gasteiger partial charge in [-0.1, -0.05) is 23.2 Å². The molecule has 19 heavy (non-hydrogen) atoms. The summed E-state index contributed by atoms with van der Waals surface area (Å²) < 4.78 is 1.80. The third kappa shape index (κ3) is 2.72. The van der Waals surface area contributed by atoms with Crippen molar-refractivity contribution in [3.8, 4) is 17.0 Å². The fraction of sp³-hybridized carbons (Fsp3) is 0.357. The summed E-state index contributed by atoms with van der Waals surface area (Å²) in [6.45, 7) is 7.92. The summed E-state index contributed by atoms with van der Waals surface area (Å²) in [5.74, 6) is 0.160. The van der Waals surface area contributed by atoms with Gasteiger partial charge in [-0.25, -0.2) is 0 Å². The Hall–Kier alpha value is -1.19. The Morgan fingerprint density at radius 2 is 1.63 bits per heavy atom. The number of nitrogens with zero attached hydrogens (tertiary/aromatic N) is 2. The molecule has 1 aromatic carbocycles. The van der Waals surface area contributed by atoms with E-state index in [0.717, 1.165) is 5.69 Å². The molecule has 0 atom stereocenters. The third-order valence-corrected chi connectivity index (χ3v) is 3.29. The normalized spacial score (nSPS) is 11.9. The van der Waals surface area contributed by atoms with Gasteiger partial charge < -0.3 is 5.11 Å². The van der Waals surface area contributed by atoms with Crippen LogP contribution in [-0.2, 0) is 5.54 Å². The Labute approximate surface area is 122 Å². The molecule has 102 valence electrons. The van der Waals surface area contributed by atoms with Crippen LogP contribution >= 0.6 is 23.2 Å². The van der Waals surface area contributed by atoms with Gasteiger partial charge in [-0.05, 0) is 45.9 Å². The first-order valence-corrected chi connectivity index (χ1v) is 6.71. The molecular formula is C14H16Cl2N2O. The van der Waals surface area contributed by atoms with Gasteiger partial charge in [0.15, 0.2) is 5.75 Å². The van der Waals surface area contributed by atoms with Crippen molar-refractivity contribution < 1.29 is 5.11 Å². The van der Waals surface area contributed by atoms with Crippen molar-refractivity contribution in [1.29, 1.82) is 0 Å². The highest BCUT2D eigenvalue weighted by Crippen LogP contribution is 2.36. The molecule has 0 aliphatic rings. The smallest absolute Gasteiger partial charge is 0.164 e. The van der Waals surface area contributed by atoms with Crippen LogP contribution in [0.3, 0.4) is 0 Å². The molecule has 5 heteroatoms. The molecule has 3 nitrogen and oxygen atoms in total. The SMILES string of the molecule is Cc1c(O)c(-c2cc(Cl)cc(Cl)c2)nn1C(C)(C)C. The molecule has 0 bridgehead atoms. The zero-order chi connectivity index (χ0) is 14.4. The quantitative estimate of drug-likeness (QED) is 0.834. The van der Waals surface area contributed by atoms with E-state index in [0.29, 0.717) is 21.3 Å². The molecular weight excluding hydrogens is 283 g/mol. The second-order valence-corrected chi connectivity index (χ2v) is 6.40. The molecule has 0 saturated carbocycles. The average Bonchev–Trinajstić information content (AvgIpc) is 2.54. The lowest BCUT2D eigenvalue weighted by Gasteiger charge is -2.20. The van der Waals surface area contributed by atoms with E-state index in [1.807, 2.05) is 27.7 Å². The summed E-state index contributed by atoms with van der Waals surface area (Å²) in [6, 6.07) is 5.13. The Bertz CT molecular complexity index is 607. The summed E-state index contributed by atoms with van der Waals surface area (Å²) in [7, 11) is 0. The van der Waals surface area contributed by atoms with Crippen molar-refractivity contribution in [3.05, 3.63) is 33.9 Å². The number of benzene rings is 1. The highest BCUT2D eigenvalue weighted by atomic mass is 35.5. The summed E-state index contributed by atoms with van der Waals surface area (Å²) >= 11 is 12.0. The second-order valence-electron chi connectivity index (χ2n) is 5.52. The molecule has 0 fully saturated rings. The number of halogens is 2. The van der Waals surface area contributed by atoms with Gasteiger partial charge in [0, 0.05) is 15.6 Å². The first-order valence-electron chi connectivity index (χ1n) is 5.95. The summed E-state index contributed by atoms with van der Waals surface area (Å²) in [5, 5.41) is 15.8. The molecule has 0 amide bonds. The van der Waals surface area contributed by atoms with Gasteiger partial charge in [0.25, 0.3) is 0 Å². The largest absolute Gasteiger partial charge is 0.504 e. The van der Waals surface area contributed by atoms with E-state index < -0.39 is 0 Å². The lowest BCUT2D eigenvalue weighted by Crippen LogP contribution is -2.24. The maximum Gasteiger partial charge on any atom is 0.164 e. The predicted molar refractivity (Wildman–Crippen MR) is 79.1 cm³/mol. The third-order valence-electron chi connectivity index (χ3n) is 2.86. The van der Waals surface area contributed by atoms with Crippen LogP contribution in [0.4, 0.5) is 0 Å². The van der Waals surface area contributed by atoms with Crippen LogP contribution in [-0.4, -0.2) is 14.9 Å². The van der Waals surface area contributed by atoms with Crippen molar-refractivity contribution in [2.24, 2.45) is 0 Å². The number of rotatable bonds is 1. The van der Waals surface area contributed by atoms with Crippen LogP contribution in [0.1, 0.15) is 26.5 Å². The molecule has 0 radical (unpaired) electrons. The maximum absolute atomic E-state index is 10.2. The van der Waals surface area contributed by atoms with Gasteiger partial charge in [-0.3, -0.25) is 4.68 Å². The van der Waals surface area contributed by atoms with Gasteiger partial charge in [-0.2, -0.15) is 5.10 Å². The average molecular weight is 299 g/mol. The minimum atomic E-state index is -0.206. The van der Waals surface area contributed by atoms with Crippen molar-refractivity contribution in [3.63, 3.8) is 0 Å². The maximum atomic E-state index is 10.2. The number of hydrogen-bond donors (Lipinski definition) is 1. The zero-order valence-corrected chi connectivity index (χ0v) is 12.8. The number of hydrogen-bond acceptors (Lipinski definition) is 2. The molecule has 2 aromatic rings. The minimum absolute atomic E-state index is 0.160. The van der Waals surface area contributed by atoms with E-state index in [2.05, 4.69) is 5.10 Å². The molecule has 0 aliphatic heterocycles. The first kappa shape index (κ1) is 14.2. The second kappa shape index (κ2) is 4.73. The topological polar surface area (TPSA) is 38.1 Å². The molecule has 1 aromatic heterocycles. The van der Waals surface area contributed by atoms with Gasteiger partial charge in [-0.15, -0.1) is 0 Å². The highest BCUT2D eigenvalue weighted by Gasteiger charge is 2.23. The fourth-order valence-electron chi connectivity index (χ4n) is 2.03. The van der Waals surface area contributed by atoms with Crippen molar-refractivity contribution in [1.82, 2.24) is 9.78 Å². The summed E-state index contributed by atoms with van der Waals surface area (Å²) in [4.78, 5) is 0. The van der Waals surface area contributed by atoms with Gasteiger partial charge in [0.2, 0.25) is 0 Å². The lowest BCUT2D eigenvalue weighted by molar-refractivity contribution is 0.345. The van der Waals surface area contributed by atoms with Crippen LogP contribution in [0.5, 0.6) is 5.75 Å². The van der Waals surface area contributed by atoms with Crippen LogP contribution in [0, 0.1) is 6.92 Å². The summed E-state index contributed by atoms with van der Waals surface area (Å²) in [6.07, 6.45) is 0. The molecule has 1 N–H and O–H groups in total. The van der Waals surface area contributed by atoms with E-state index in [-0.39, 0.29) is 11.3 Å². The van der Waals surface area contributed by atoms with Crippen molar-refractivity contribution in [2.45, 2.75) is 33.2 Å². The van der Waals surface area contributed by atoms with Gasteiger partial charge in [0.05, 0.1) is 11.2 Å². The monoisotopic (exact) mass is 298 g/mol. The van der Waals surface area contributed by atoms with Crippen molar-refractivity contribution >= 4 is 23.2 Å². The van der Waals surface area contributed by atoms with Gasteiger partial charge in [0.1, 0.15) is 5.69 Å². The minimum Gasteiger partial charge on any atom is -0.504 e. The van der Waals surface area contributed by atoms with Crippen LogP contribution in [0.15, 0.2) is 18.2 Å². The Balaban J connectivity index is 2.64. The summed E-state index contributed by atoms with van der Waals surface area (Å²) in [5.41, 5.74) is 1.72. The fourth-order valence-corrected chi connectivity index (χ4v) is 2.56. The Morgan fingerprint density at radius 1 is 1.11 bits per heavy atom. The molecule has 2 rings (SSSR count). The van der Waals surface area contributed by atoms with E-state index in [1.54, 1.807) is 22.9 Å². The van der Waals surface area contributed by atoms with E-state index in [9.17, 15) is 5.11 Å². The Morgan fingerprint density at radius 3 is 2.05 bits per heavy atom. The molecule has 0 spiro atoms.